The molecule has 18 heavy (non-hydrogen) atoms. The zero-order chi connectivity index (χ0) is 13.4. The van der Waals surface area contributed by atoms with Gasteiger partial charge in [0.2, 0.25) is 0 Å². The first-order chi connectivity index (χ1) is 8.63. The third-order valence-corrected chi connectivity index (χ3v) is 2.61. The highest BCUT2D eigenvalue weighted by molar-refractivity contribution is 5.77. The van der Waals surface area contributed by atoms with Gasteiger partial charge in [0.1, 0.15) is 5.75 Å². The topological polar surface area (TPSA) is 58.6 Å². The maximum Gasteiger partial charge on any atom is 0.258 e. The van der Waals surface area contributed by atoms with Crippen LogP contribution in [0.4, 0.5) is 0 Å². The molecule has 0 saturated heterocycles. The standard InChI is InChI=1S/C14H21NO3/c1-3-6-12(16)9-15-14(17)10-18-13-8-5-4-7-11(13)2/h4-5,7-8,12,16H,3,6,9-10H2,1-2H3,(H,15,17). The third kappa shape index (κ3) is 5.19. The molecular weight excluding hydrogens is 230 g/mol. The summed E-state index contributed by atoms with van der Waals surface area (Å²) < 4.78 is 5.40. The molecule has 0 aliphatic rings. The lowest BCUT2D eigenvalue weighted by atomic mass is 10.2. The molecule has 0 fully saturated rings. The molecule has 0 heterocycles. The van der Waals surface area contributed by atoms with Crippen LogP contribution < -0.4 is 10.1 Å². The molecule has 1 unspecified atom stereocenters. The Morgan fingerprint density at radius 1 is 1.44 bits per heavy atom. The molecule has 0 spiro atoms. The Balaban J connectivity index is 2.27. The fraction of sp³-hybridized carbons (Fsp3) is 0.500. The van der Waals surface area contributed by atoms with Gasteiger partial charge < -0.3 is 15.2 Å². The molecule has 4 heteroatoms. The lowest BCUT2D eigenvalue weighted by Gasteiger charge is -2.12. The van der Waals surface area contributed by atoms with Crippen LogP contribution in [0.15, 0.2) is 24.3 Å². The molecule has 0 radical (unpaired) electrons. The fourth-order valence-corrected chi connectivity index (χ4v) is 1.58. The van der Waals surface area contributed by atoms with Crippen molar-refractivity contribution in [3.63, 3.8) is 0 Å². The fourth-order valence-electron chi connectivity index (χ4n) is 1.58. The van der Waals surface area contributed by atoms with E-state index >= 15 is 0 Å². The van der Waals surface area contributed by atoms with Gasteiger partial charge in [-0.05, 0) is 25.0 Å². The van der Waals surface area contributed by atoms with E-state index < -0.39 is 6.10 Å². The molecule has 1 amide bonds. The van der Waals surface area contributed by atoms with Gasteiger partial charge in [0, 0.05) is 6.54 Å². The van der Waals surface area contributed by atoms with Gasteiger partial charge in [0.15, 0.2) is 6.61 Å². The van der Waals surface area contributed by atoms with Crippen LogP contribution in [0.5, 0.6) is 5.75 Å². The number of carbonyl (C=O) groups is 1. The summed E-state index contributed by atoms with van der Waals surface area (Å²) in [6.45, 7) is 4.18. The number of rotatable bonds is 7. The molecule has 0 aromatic heterocycles. The van der Waals surface area contributed by atoms with Crippen molar-refractivity contribution in [2.24, 2.45) is 0 Å². The van der Waals surface area contributed by atoms with Crippen molar-refractivity contribution in [2.45, 2.75) is 32.8 Å². The van der Waals surface area contributed by atoms with Gasteiger partial charge in [-0.15, -0.1) is 0 Å². The number of nitrogens with one attached hydrogen (secondary N) is 1. The minimum atomic E-state index is -0.475. The van der Waals surface area contributed by atoms with E-state index in [4.69, 9.17) is 4.74 Å². The van der Waals surface area contributed by atoms with Gasteiger partial charge in [-0.25, -0.2) is 0 Å². The molecule has 0 aliphatic heterocycles. The molecule has 100 valence electrons. The number of aliphatic hydroxyl groups excluding tert-OH is 1. The van der Waals surface area contributed by atoms with Crippen LogP contribution in [-0.2, 0) is 4.79 Å². The van der Waals surface area contributed by atoms with Crippen LogP contribution in [0, 0.1) is 6.92 Å². The predicted molar refractivity (Wildman–Crippen MR) is 70.6 cm³/mol. The minimum Gasteiger partial charge on any atom is -0.484 e. The Labute approximate surface area is 108 Å². The lowest BCUT2D eigenvalue weighted by molar-refractivity contribution is -0.123. The van der Waals surface area contributed by atoms with Crippen molar-refractivity contribution in [1.29, 1.82) is 0 Å². The molecule has 0 saturated carbocycles. The first kappa shape index (κ1) is 14.5. The number of ether oxygens (including phenoxy) is 1. The second kappa shape index (κ2) is 7.71. The molecule has 0 bridgehead atoms. The van der Waals surface area contributed by atoms with Gasteiger partial charge in [-0.1, -0.05) is 31.5 Å². The van der Waals surface area contributed by atoms with E-state index in [0.717, 1.165) is 12.0 Å². The van der Waals surface area contributed by atoms with Crippen molar-refractivity contribution in [1.82, 2.24) is 5.32 Å². The molecule has 2 N–H and O–H groups in total. The van der Waals surface area contributed by atoms with E-state index in [1.54, 1.807) is 0 Å². The molecule has 4 nitrogen and oxygen atoms in total. The normalized spacial score (nSPS) is 11.9. The number of aliphatic hydroxyl groups is 1. The van der Waals surface area contributed by atoms with E-state index in [1.807, 2.05) is 38.1 Å². The van der Waals surface area contributed by atoms with Crippen LogP contribution in [0.3, 0.4) is 0 Å². The van der Waals surface area contributed by atoms with E-state index in [0.29, 0.717) is 12.2 Å². The summed E-state index contributed by atoms with van der Waals surface area (Å²) in [5.41, 5.74) is 0.997. The second-order valence-electron chi connectivity index (χ2n) is 4.30. The van der Waals surface area contributed by atoms with E-state index in [9.17, 15) is 9.90 Å². The largest absolute Gasteiger partial charge is 0.484 e. The zero-order valence-electron chi connectivity index (χ0n) is 11.0. The Hall–Kier alpha value is -1.55. The summed E-state index contributed by atoms with van der Waals surface area (Å²) in [6.07, 6.45) is 1.12. The van der Waals surface area contributed by atoms with Crippen LogP contribution >= 0.6 is 0 Å². The van der Waals surface area contributed by atoms with Gasteiger partial charge in [-0.3, -0.25) is 4.79 Å². The SMILES string of the molecule is CCCC(O)CNC(=O)COc1ccccc1C. The number of para-hydroxylation sites is 1. The number of carbonyl (C=O) groups excluding carboxylic acids is 1. The van der Waals surface area contributed by atoms with Crippen LogP contribution in [-0.4, -0.2) is 30.3 Å². The summed E-state index contributed by atoms with van der Waals surface area (Å²) in [6, 6.07) is 7.54. The average molecular weight is 251 g/mol. The number of hydrogen-bond acceptors (Lipinski definition) is 3. The number of aryl methyl sites for hydroxylation is 1. The molecule has 1 atom stereocenters. The van der Waals surface area contributed by atoms with Crippen molar-refractivity contribution in [2.75, 3.05) is 13.2 Å². The van der Waals surface area contributed by atoms with Gasteiger partial charge in [0.05, 0.1) is 6.10 Å². The number of amides is 1. The Kier molecular flexibility index (Phi) is 6.22. The lowest BCUT2D eigenvalue weighted by Crippen LogP contribution is -2.35. The predicted octanol–water partition coefficient (Wildman–Crippen LogP) is 1.65. The zero-order valence-corrected chi connectivity index (χ0v) is 11.0. The van der Waals surface area contributed by atoms with Gasteiger partial charge >= 0.3 is 0 Å². The maximum absolute atomic E-state index is 11.5. The second-order valence-corrected chi connectivity index (χ2v) is 4.30. The monoisotopic (exact) mass is 251 g/mol. The summed E-state index contributed by atoms with van der Waals surface area (Å²) in [4.78, 5) is 11.5. The smallest absolute Gasteiger partial charge is 0.258 e. The molecule has 1 aromatic carbocycles. The average Bonchev–Trinajstić information content (AvgIpc) is 2.36. The molecular formula is C14H21NO3. The van der Waals surface area contributed by atoms with Crippen molar-refractivity contribution in [3.8, 4) is 5.75 Å². The first-order valence-corrected chi connectivity index (χ1v) is 6.26. The highest BCUT2D eigenvalue weighted by Gasteiger charge is 2.07. The van der Waals surface area contributed by atoms with E-state index in [1.165, 1.54) is 0 Å². The van der Waals surface area contributed by atoms with Crippen LogP contribution in [0.2, 0.25) is 0 Å². The Morgan fingerprint density at radius 3 is 2.83 bits per heavy atom. The van der Waals surface area contributed by atoms with Gasteiger partial charge in [0.25, 0.3) is 5.91 Å². The van der Waals surface area contributed by atoms with Crippen molar-refractivity contribution in [3.05, 3.63) is 29.8 Å². The molecule has 0 aliphatic carbocycles. The molecule has 1 rings (SSSR count). The summed E-state index contributed by atoms with van der Waals surface area (Å²) >= 11 is 0. The number of hydrogen-bond donors (Lipinski definition) is 2. The summed E-state index contributed by atoms with van der Waals surface area (Å²) in [5.74, 6) is 0.496. The quantitative estimate of drug-likeness (QED) is 0.774. The summed E-state index contributed by atoms with van der Waals surface area (Å²) in [7, 11) is 0. The van der Waals surface area contributed by atoms with Crippen molar-refractivity contribution < 1.29 is 14.6 Å². The first-order valence-electron chi connectivity index (χ1n) is 6.26. The van der Waals surface area contributed by atoms with Gasteiger partial charge in [-0.2, -0.15) is 0 Å². The van der Waals surface area contributed by atoms with E-state index in [-0.39, 0.29) is 19.1 Å². The summed E-state index contributed by atoms with van der Waals surface area (Å²) in [5, 5.41) is 12.1. The minimum absolute atomic E-state index is 0.0241. The van der Waals surface area contributed by atoms with E-state index in [2.05, 4.69) is 5.32 Å². The van der Waals surface area contributed by atoms with Crippen molar-refractivity contribution >= 4 is 5.91 Å². The highest BCUT2D eigenvalue weighted by Crippen LogP contribution is 2.15. The van der Waals surface area contributed by atoms with Crippen LogP contribution in [0.25, 0.3) is 0 Å². The maximum atomic E-state index is 11.5. The number of benzene rings is 1. The Morgan fingerprint density at radius 2 is 2.17 bits per heavy atom. The van der Waals surface area contributed by atoms with Crippen LogP contribution in [0.1, 0.15) is 25.3 Å². The Bertz CT molecular complexity index is 379. The molecule has 1 aromatic rings. The third-order valence-electron chi connectivity index (χ3n) is 2.61. The highest BCUT2D eigenvalue weighted by atomic mass is 16.5.